The van der Waals surface area contributed by atoms with Crippen molar-refractivity contribution in [3.63, 3.8) is 0 Å². The number of likely N-dealkylation sites (N-methyl/N-ethyl adjacent to an activating group) is 1. The number of aromatic nitrogens is 1. The fourth-order valence-electron chi connectivity index (χ4n) is 3.97. The number of pyridine rings is 1. The molecule has 1 aromatic rings. The van der Waals surface area contributed by atoms with Crippen LogP contribution in [-0.2, 0) is 0 Å². The smallest absolute Gasteiger partial charge is 0.153 e. The van der Waals surface area contributed by atoms with Gasteiger partial charge in [0.15, 0.2) is 5.82 Å². The molecule has 6 nitrogen and oxygen atoms in total. The fraction of sp³-hybridized carbons (Fsp3) is 0.611. The van der Waals surface area contributed by atoms with Crippen LogP contribution in [0.25, 0.3) is 0 Å². The van der Waals surface area contributed by atoms with Crippen LogP contribution in [0.1, 0.15) is 20.3 Å². The number of hydrogen-bond acceptors (Lipinski definition) is 6. The summed E-state index contributed by atoms with van der Waals surface area (Å²) >= 11 is 0. The lowest BCUT2D eigenvalue weighted by atomic mass is 10.0. The third-order valence-electron chi connectivity index (χ3n) is 5.69. The van der Waals surface area contributed by atoms with Crippen molar-refractivity contribution in [2.75, 3.05) is 54.5 Å². The minimum Gasteiger partial charge on any atom is -0.514 e. The Bertz CT molecular complexity index is 655. The Morgan fingerprint density at radius 1 is 1.25 bits per heavy atom. The van der Waals surface area contributed by atoms with Gasteiger partial charge in [0.1, 0.15) is 6.26 Å². The van der Waals surface area contributed by atoms with Crippen molar-refractivity contribution in [3.8, 4) is 0 Å². The predicted molar refractivity (Wildman–Crippen MR) is 98.0 cm³/mol. The van der Waals surface area contributed by atoms with E-state index in [-0.39, 0.29) is 6.04 Å². The summed E-state index contributed by atoms with van der Waals surface area (Å²) < 4.78 is 0. The van der Waals surface area contributed by atoms with Crippen LogP contribution in [-0.4, -0.2) is 66.8 Å². The third kappa shape index (κ3) is 2.32. The van der Waals surface area contributed by atoms with Gasteiger partial charge in [-0.25, -0.2) is 4.98 Å². The molecule has 0 aromatic carbocycles. The molecule has 2 fully saturated rings. The monoisotopic (exact) mass is 329 g/mol. The van der Waals surface area contributed by atoms with Crippen LogP contribution in [0, 0.1) is 0 Å². The van der Waals surface area contributed by atoms with Crippen LogP contribution in [0.2, 0.25) is 0 Å². The molecule has 0 spiro atoms. The average molecular weight is 329 g/mol. The molecule has 0 amide bonds. The van der Waals surface area contributed by atoms with Crippen molar-refractivity contribution < 1.29 is 5.11 Å². The van der Waals surface area contributed by atoms with Crippen molar-refractivity contribution in [1.82, 2.24) is 9.88 Å². The Morgan fingerprint density at radius 2 is 2.04 bits per heavy atom. The highest BCUT2D eigenvalue weighted by Crippen LogP contribution is 2.41. The van der Waals surface area contributed by atoms with Gasteiger partial charge in [0.25, 0.3) is 0 Å². The molecule has 1 N–H and O–H groups in total. The van der Waals surface area contributed by atoms with Gasteiger partial charge in [-0.1, -0.05) is 0 Å². The van der Waals surface area contributed by atoms with E-state index in [1.165, 1.54) is 18.4 Å². The second kappa shape index (κ2) is 5.84. The van der Waals surface area contributed by atoms with Gasteiger partial charge in [-0.2, -0.15) is 0 Å². The number of nitrogens with zero attached hydrogens (tertiary/aromatic N) is 5. The van der Waals surface area contributed by atoms with Gasteiger partial charge in [0, 0.05) is 45.8 Å². The van der Waals surface area contributed by atoms with Crippen molar-refractivity contribution in [3.05, 3.63) is 24.2 Å². The topological polar surface area (TPSA) is 46.1 Å². The number of aliphatic hydroxyl groups is 1. The third-order valence-corrected chi connectivity index (χ3v) is 5.69. The van der Waals surface area contributed by atoms with Crippen molar-refractivity contribution >= 4 is 17.2 Å². The Labute approximate surface area is 144 Å². The van der Waals surface area contributed by atoms with Gasteiger partial charge in [-0.15, -0.1) is 0 Å². The Balaban J connectivity index is 1.71. The summed E-state index contributed by atoms with van der Waals surface area (Å²) in [5, 5.41) is 9.91. The first-order valence-electron chi connectivity index (χ1n) is 8.94. The molecule has 1 aromatic heterocycles. The SMILES string of the molecule is CC(C)N1CCN2c3ncc(N4CCC4)cc3N(C)/C(=C/O)C2C1. The second-order valence-corrected chi connectivity index (χ2v) is 7.29. The zero-order valence-corrected chi connectivity index (χ0v) is 14.8. The highest BCUT2D eigenvalue weighted by atomic mass is 16.2. The maximum Gasteiger partial charge on any atom is 0.153 e. The summed E-state index contributed by atoms with van der Waals surface area (Å²) in [6.07, 6.45) is 4.54. The lowest BCUT2D eigenvalue weighted by molar-refractivity contribution is 0.186. The molecular weight excluding hydrogens is 302 g/mol. The minimum absolute atomic E-state index is 0.158. The van der Waals surface area contributed by atoms with Gasteiger partial charge < -0.3 is 19.8 Å². The average Bonchev–Trinajstić information content (AvgIpc) is 2.53. The van der Waals surface area contributed by atoms with Crippen LogP contribution in [0.3, 0.4) is 0 Å². The van der Waals surface area contributed by atoms with E-state index in [1.54, 1.807) is 0 Å². The molecule has 24 heavy (non-hydrogen) atoms. The molecule has 4 rings (SSSR count). The van der Waals surface area contributed by atoms with Gasteiger partial charge in [0.05, 0.1) is 29.3 Å². The van der Waals surface area contributed by atoms with Crippen molar-refractivity contribution in [2.45, 2.75) is 32.4 Å². The van der Waals surface area contributed by atoms with Gasteiger partial charge >= 0.3 is 0 Å². The zero-order chi connectivity index (χ0) is 16.8. The molecule has 1 atom stereocenters. The van der Waals surface area contributed by atoms with Gasteiger partial charge in [-0.3, -0.25) is 4.90 Å². The second-order valence-electron chi connectivity index (χ2n) is 7.29. The lowest BCUT2D eigenvalue weighted by Crippen LogP contribution is -2.59. The van der Waals surface area contributed by atoms with Crippen LogP contribution in [0.5, 0.6) is 0 Å². The number of rotatable bonds is 2. The van der Waals surface area contributed by atoms with E-state index in [1.807, 2.05) is 13.2 Å². The Kier molecular flexibility index (Phi) is 3.79. The van der Waals surface area contributed by atoms with Crippen LogP contribution in [0.15, 0.2) is 24.2 Å². The maximum absolute atomic E-state index is 9.91. The van der Waals surface area contributed by atoms with E-state index in [0.29, 0.717) is 6.04 Å². The normalized spacial score (nSPS) is 25.8. The van der Waals surface area contributed by atoms with Crippen molar-refractivity contribution in [1.29, 1.82) is 0 Å². The summed E-state index contributed by atoms with van der Waals surface area (Å²) in [7, 11) is 2.04. The molecular formula is C18H27N5O. The predicted octanol–water partition coefficient (Wildman–Crippen LogP) is 2.04. The first-order valence-corrected chi connectivity index (χ1v) is 8.94. The van der Waals surface area contributed by atoms with Crippen LogP contribution >= 0.6 is 0 Å². The molecule has 130 valence electrons. The molecule has 3 aliphatic rings. The molecule has 1 unspecified atom stereocenters. The molecule has 4 heterocycles. The quantitative estimate of drug-likeness (QED) is 0.838. The summed E-state index contributed by atoms with van der Waals surface area (Å²) in [5.41, 5.74) is 3.23. The molecule has 0 aliphatic carbocycles. The summed E-state index contributed by atoms with van der Waals surface area (Å²) in [6.45, 7) is 9.59. The molecule has 2 saturated heterocycles. The molecule has 0 bridgehead atoms. The number of hydrogen-bond donors (Lipinski definition) is 1. The van der Waals surface area contributed by atoms with E-state index in [9.17, 15) is 5.11 Å². The van der Waals surface area contributed by atoms with Crippen molar-refractivity contribution in [2.24, 2.45) is 0 Å². The largest absolute Gasteiger partial charge is 0.514 e. The highest BCUT2D eigenvalue weighted by molar-refractivity contribution is 5.78. The molecule has 0 saturated carbocycles. The Hall–Kier alpha value is -1.95. The summed E-state index contributed by atoms with van der Waals surface area (Å²) in [4.78, 5) is 14.1. The van der Waals surface area contributed by atoms with E-state index >= 15 is 0 Å². The Morgan fingerprint density at radius 3 is 2.67 bits per heavy atom. The summed E-state index contributed by atoms with van der Waals surface area (Å²) in [5.74, 6) is 1.04. The first kappa shape index (κ1) is 15.6. The standard InChI is InChI=1S/C18H27N5O/c1-13(2)22-7-8-23-16(11-22)17(12-24)20(3)15-9-14(10-19-18(15)23)21-5-4-6-21/h9-10,12-13,16,24H,4-8,11H2,1-3H3/b17-12+. The number of aliphatic hydroxyl groups excluding tert-OH is 1. The highest BCUT2D eigenvalue weighted by Gasteiger charge is 2.39. The fourth-order valence-corrected chi connectivity index (χ4v) is 3.97. The summed E-state index contributed by atoms with van der Waals surface area (Å²) in [6, 6.07) is 2.89. The maximum atomic E-state index is 9.91. The van der Waals surface area contributed by atoms with Gasteiger partial charge in [-0.05, 0) is 26.3 Å². The number of anilines is 3. The minimum atomic E-state index is 0.158. The van der Waals surface area contributed by atoms with Crippen LogP contribution < -0.4 is 14.7 Å². The zero-order valence-electron chi connectivity index (χ0n) is 14.8. The van der Waals surface area contributed by atoms with E-state index in [0.717, 1.165) is 49.9 Å². The number of piperazine rings is 1. The molecule has 6 heteroatoms. The van der Waals surface area contributed by atoms with Crippen LogP contribution in [0.4, 0.5) is 17.2 Å². The molecule has 0 radical (unpaired) electrons. The van der Waals surface area contributed by atoms with E-state index < -0.39 is 0 Å². The number of fused-ring (bicyclic) bond motifs is 3. The van der Waals surface area contributed by atoms with E-state index in [2.05, 4.69) is 39.5 Å². The lowest BCUT2D eigenvalue weighted by Gasteiger charge is -2.50. The van der Waals surface area contributed by atoms with Gasteiger partial charge in [0.2, 0.25) is 0 Å². The van der Waals surface area contributed by atoms with E-state index in [4.69, 9.17) is 4.98 Å². The molecule has 3 aliphatic heterocycles. The first-order chi connectivity index (χ1) is 11.6.